The first kappa shape index (κ1) is 10.5. The summed E-state index contributed by atoms with van der Waals surface area (Å²) in [5.74, 6) is -0.214. The standard InChI is InChI=1S/C15H13FO/c16-14-7-3-5-11-8-10-4-1-2-6-12(10)15(17)9-13(11)14/h1-7,15,17H,8-9H2. The van der Waals surface area contributed by atoms with E-state index in [-0.39, 0.29) is 5.82 Å². The minimum absolute atomic E-state index is 0.214. The molecule has 1 atom stereocenters. The van der Waals surface area contributed by atoms with Crippen LogP contribution in [-0.2, 0) is 12.8 Å². The minimum Gasteiger partial charge on any atom is -0.388 e. The van der Waals surface area contributed by atoms with Crippen molar-refractivity contribution >= 4 is 0 Å². The number of hydrogen-bond donors (Lipinski definition) is 1. The van der Waals surface area contributed by atoms with Crippen LogP contribution in [0.4, 0.5) is 4.39 Å². The second kappa shape index (κ2) is 3.97. The molecule has 0 amide bonds. The first-order chi connectivity index (χ1) is 8.25. The Morgan fingerprint density at radius 3 is 2.65 bits per heavy atom. The van der Waals surface area contributed by atoms with Crippen molar-refractivity contribution in [2.24, 2.45) is 0 Å². The lowest BCUT2D eigenvalue weighted by Gasteiger charge is -2.11. The number of hydrogen-bond acceptors (Lipinski definition) is 1. The van der Waals surface area contributed by atoms with Crippen molar-refractivity contribution in [2.45, 2.75) is 18.9 Å². The molecule has 1 unspecified atom stereocenters. The third-order valence-electron chi connectivity index (χ3n) is 3.41. The lowest BCUT2D eigenvalue weighted by molar-refractivity contribution is 0.177. The first-order valence-corrected chi connectivity index (χ1v) is 5.78. The largest absolute Gasteiger partial charge is 0.388 e. The van der Waals surface area contributed by atoms with Crippen molar-refractivity contribution in [3.63, 3.8) is 0 Å². The van der Waals surface area contributed by atoms with E-state index in [1.165, 1.54) is 6.07 Å². The highest BCUT2D eigenvalue weighted by molar-refractivity contribution is 5.42. The molecule has 2 aromatic carbocycles. The van der Waals surface area contributed by atoms with Gasteiger partial charge in [0.15, 0.2) is 0 Å². The molecule has 17 heavy (non-hydrogen) atoms. The number of benzene rings is 2. The topological polar surface area (TPSA) is 20.2 Å². The van der Waals surface area contributed by atoms with Crippen LogP contribution in [-0.4, -0.2) is 5.11 Å². The summed E-state index contributed by atoms with van der Waals surface area (Å²) in [5.41, 5.74) is 3.64. The Labute approximate surface area is 99.5 Å². The van der Waals surface area contributed by atoms with E-state index in [0.29, 0.717) is 18.4 Å². The molecular weight excluding hydrogens is 215 g/mol. The highest BCUT2D eigenvalue weighted by atomic mass is 19.1. The molecule has 0 radical (unpaired) electrons. The maximum absolute atomic E-state index is 13.7. The summed E-state index contributed by atoms with van der Waals surface area (Å²) in [6.45, 7) is 0. The summed E-state index contributed by atoms with van der Waals surface area (Å²) < 4.78 is 13.7. The van der Waals surface area contributed by atoms with Crippen LogP contribution < -0.4 is 0 Å². The third kappa shape index (κ3) is 1.75. The van der Waals surface area contributed by atoms with Crippen molar-refractivity contribution < 1.29 is 9.50 Å². The number of halogens is 1. The number of aliphatic hydroxyl groups excluding tert-OH is 1. The summed E-state index contributed by atoms with van der Waals surface area (Å²) in [7, 11) is 0. The number of rotatable bonds is 0. The molecule has 0 aliphatic heterocycles. The maximum atomic E-state index is 13.7. The van der Waals surface area contributed by atoms with E-state index in [9.17, 15) is 9.50 Å². The fourth-order valence-electron chi connectivity index (χ4n) is 2.53. The number of fused-ring (bicyclic) bond motifs is 2. The Kier molecular flexibility index (Phi) is 2.45. The van der Waals surface area contributed by atoms with Gasteiger partial charge in [0.05, 0.1) is 6.10 Å². The van der Waals surface area contributed by atoms with E-state index in [4.69, 9.17) is 0 Å². The monoisotopic (exact) mass is 228 g/mol. The molecular formula is C15H13FO. The Balaban J connectivity index is 2.17. The van der Waals surface area contributed by atoms with Gasteiger partial charge in [-0.1, -0.05) is 36.4 Å². The molecule has 1 N–H and O–H groups in total. The van der Waals surface area contributed by atoms with Gasteiger partial charge in [0.25, 0.3) is 0 Å². The van der Waals surface area contributed by atoms with E-state index in [2.05, 4.69) is 0 Å². The van der Waals surface area contributed by atoms with Gasteiger partial charge in [-0.2, -0.15) is 0 Å². The van der Waals surface area contributed by atoms with Crippen LogP contribution in [0.5, 0.6) is 0 Å². The third-order valence-corrected chi connectivity index (χ3v) is 3.41. The minimum atomic E-state index is -0.607. The zero-order valence-electron chi connectivity index (χ0n) is 9.36. The maximum Gasteiger partial charge on any atom is 0.126 e. The van der Waals surface area contributed by atoms with Gasteiger partial charge in [-0.15, -0.1) is 0 Å². The fourth-order valence-corrected chi connectivity index (χ4v) is 2.53. The van der Waals surface area contributed by atoms with E-state index >= 15 is 0 Å². The summed E-state index contributed by atoms with van der Waals surface area (Å²) in [6.07, 6.45) is 0.448. The number of aliphatic hydroxyl groups is 1. The molecule has 0 spiro atoms. The van der Waals surface area contributed by atoms with E-state index < -0.39 is 6.10 Å². The van der Waals surface area contributed by atoms with E-state index in [0.717, 1.165) is 16.7 Å². The molecule has 0 saturated carbocycles. The van der Waals surface area contributed by atoms with Crippen LogP contribution in [0.15, 0.2) is 42.5 Å². The smallest absolute Gasteiger partial charge is 0.126 e. The van der Waals surface area contributed by atoms with Crippen LogP contribution in [0.3, 0.4) is 0 Å². The Morgan fingerprint density at radius 2 is 1.76 bits per heavy atom. The van der Waals surface area contributed by atoms with Crippen LogP contribution in [0, 0.1) is 5.82 Å². The molecule has 0 saturated heterocycles. The molecule has 86 valence electrons. The van der Waals surface area contributed by atoms with Crippen molar-refractivity contribution in [1.82, 2.24) is 0 Å². The average Bonchev–Trinajstić information content (AvgIpc) is 2.47. The highest BCUT2D eigenvalue weighted by Gasteiger charge is 2.21. The molecule has 0 aromatic heterocycles. The summed E-state index contributed by atoms with van der Waals surface area (Å²) in [6, 6.07) is 12.9. The fraction of sp³-hybridized carbons (Fsp3) is 0.200. The molecule has 3 rings (SSSR count). The van der Waals surface area contributed by atoms with Gasteiger partial charge in [0.1, 0.15) is 5.82 Å². The van der Waals surface area contributed by atoms with Crippen molar-refractivity contribution in [3.05, 3.63) is 70.5 Å². The molecule has 2 heteroatoms. The Hall–Kier alpha value is -1.67. The van der Waals surface area contributed by atoms with E-state index in [1.54, 1.807) is 6.07 Å². The Bertz CT molecular complexity index is 563. The van der Waals surface area contributed by atoms with Gasteiger partial charge in [-0.05, 0) is 34.7 Å². The lowest BCUT2D eigenvalue weighted by atomic mass is 10.0. The van der Waals surface area contributed by atoms with Gasteiger partial charge >= 0.3 is 0 Å². The second-order valence-electron chi connectivity index (χ2n) is 4.47. The molecule has 2 aromatic rings. The average molecular weight is 228 g/mol. The predicted octanol–water partition coefficient (Wildman–Crippen LogP) is 3.01. The van der Waals surface area contributed by atoms with Crippen LogP contribution in [0.25, 0.3) is 0 Å². The van der Waals surface area contributed by atoms with Gasteiger partial charge in [0.2, 0.25) is 0 Å². The normalized spacial score (nSPS) is 18.1. The van der Waals surface area contributed by atoms with Crippen molar-refractivity contribution in [1.29, 1.82) is 0 Å². The second-order valence-corrected chi connectivity index (χ2v) is 4.47. The SMILES string of the molecule is OC1Cc2c(F)cccc2Cc2ccccc21. The molecule has 0 bridgehead atoms. The zero-order valence-corrected chi connectivity index (χ0v) is 9.36. The first-order valence-electron chi connectivity index (χ1n) is 5.78. The lowest BCUT2D eigenvalue weighted by Crippen LogP contribution is -2.03. The summed E-state index contributed by atoms with van der Waals surface area (Å²) in [5, 5.41) is 10.1. The van der Waals surface area contributed by atoms with Gasteiger partial charge in [-0.25, -0.2) is 4.39 Å². The van der Waals surface area contributed by atoms with Gasteiger partial charge in [0, 0.05) is 6.42 Å². The van der Waals surface area contributed by atoms with Crippen LogP contribution in [0.2, 0.25) is 0 Å². The van der Waals surface area contributed by atoms with Crippen LogP contribution >= 0.6 is 0 Å². The molecule has 0 heterocycles. The molecule has 0 fully saturated rings. The Morgan fingerprint density at radius 1 is 1.00 bits per heavy atom. The quantitative estimate of drug-likeness (QED) is 0.735. The van der Waals surface area contributed by atoms with E-state index in [1.807, 2.05) is 30.3 Å². The highest BCUT2D eigenvalue weighted by Crippen LogP contribution is 2.31. The van der Waals surface area contributed by atoms with Crippen LogP contribution in [0.1, 0.15) is 28.4 Å². The molecule has 1 aliphatic carbocycles. The van der Waals surface area contributed by atoms with Gasteiger partial charge < -0.3 is 5.11 Å². The zero-order chi connectivity index (χ0) is 11.8. The summed E-state index contributed by atoms with van der Waals surface area (Å²) in [4.78, 5) is 0. The predicted molar refractivity (Wildman–Crippen MR) is 64.3 cm³/mol. The summed E-state index contributed by atoms with van der Waals surface area (Å²) >= 11 is 0. The molecule has 1 aliphatic rings. The molecule has 1 nitrogen and oxygen atoms in total. The van der Waals surface area contributed by atoms with Crippen molar-refractivity contribution in [3.8, 4) is 0 Å². The van der Waals surface area contributed by atoms with Gasteiger partial charge in [-0.3, -0.25) is 0 Å². The van der Waals surface area contributed by atoms with Crippen molar-refractivity contribution in [2.75, 3.05) is 0 Å².